The number of hydrogen-bond donors (Lipinski definition) is 1. The zero-order chi connectivity index (χ0) is 13.4. The summed E-state index contributed by atoms with van der Waals surface area (Å²) in [5.41, 5.74) is 3.58. The number of nitrogens with zero attached hydrogens (tertiary/aromatic N) is 2. The molecule has 0 saturated heterocycles. The van der Waals surface area contributed by atoms with Crippen LogP contribution in [0.2, 0.25) is 0 Å². The van der Waals surface area contributed by atoms with E-state index in [1.165, 1.54) is 11.1 Å². The monoisotopic (exact) mass is 271 g/mol. The van der Waals surface area contributed by atoms with E-state index in [4.69, 9.17) is 12.2 Å². The highest BCUT2D eigenvalue weighted by atomic mass is 32.1. The summed E-state index contributed by atoms with van der Waals surface area (Å²) in [5.74, 6) is 0. The van der Waals surface area contributed by atoms with Crippen molar-refractivity contribution < 1.29 is 0 Å². The highest BCUT2D eigenvalue weighted by molar-refractivity contribution is 7.71. The normalized spacial score (nSPS) is 11.5. The molecule has 98 valence electrons. The van der Waals surface area contributed by atoms with Gasteiger partial charge in [0.05, 0.1) is 11.0 Å². The molecule has 1 N–H and O–H groups in total. The lowest BCUT2D eigenvalue weighted by atomic mass is 10.2. The Hall–Kier alpha value is -1.81. The molecule has 0 aliphatic rings. The summed E-state index contributed by atoms with van der Waals surface area (Å²) in [6.07, 6.45) is 4.16. The predicted octanol–water partition coefficient (Wildman–Crippen LogP) is 4.13. The molecule has 0 amide bonds. The smallest absolute Gasteiger partial charge is 0.178 e. The first-order valence-corrected chi connectivity index (χ1v) is 6.90. The van der Waals surface area contributed by atoms with Crippen LogP contribution in [0.3, 0.4) is 0 Å². The average molecular weight is 271 g/mol. The highest BCUT2D eigenvalue weighted by Crippen LogP contribution is 2.20. The van der Waals surface area contributed by atoms with E-state index < -0.39 is 0 Å². The third-order valence-electron chi connectivity index (χ3n) is 3.33. The van der Waals surface area contributed by atoms with E-state index in [0.29, 0.717) is 6.04 Å². The molecule has 0 aliphatic carbocycles. The van der Waals surface area contributed by atoms with Crippen LogP contribution in [0.1, 0.15) is 25.5 Å². The fourth-order valence-electron chi connectivity index (χ4n) is 2.46. The fourth-order valence-corrected chi connectivity index (χ4v) is 2.88. The Balaban J connectivity index is 2.09. The van der Waals surface area contributed by atoms with Gasteiger partial charge in [0, 0.05) is 25.0 Å². The second-order valence-electron chi connectivity index (χ2n) is 5.10. The molecule has 0 radical (unpaired) electrons. The van der Waals surface area contributed by atoms with Crippen LogP contribution in [-0.4, -0.2) is 14.1 Å². The van der Waals surface area contributed by atoms with Crippen LogP contribution in [0.5, 0.6) is 0 Å². The van der Waals surface area contributed by atoms with Gasteiger partial charge in [-0.05, 0) is 55.9 Å². The molecule has 0 saturated carbocycles. The summed E-state index contributed by atoms with van der Waals surface area (Å²) in [6.45, 7) is 5.20. The average Bonchev–Trinajstić information content (AvgIpc) is 2.95. The molecule has 0 fully saturated rings. The van der Waals surface area contributed by atoms with Gasteiger partial charge in [-0.15, -0.1) is 0 Å². The Labute approximate surface area is 117 Å². The molecule has 1 aromatic carbocycles. The van der Waals surface area contributed by atoms with Gasteiger partial charge in [-0.1, -0.05) is 6.07 Å². The standard InChI is InChI=1S/C15H17N3S/c1-11(2)18-14-9-12(10-17-7-3-4-8-17)5-6-13(14)16-15(18)19/h3-9,11H,10H2,1-2H3,(H,16,19). The van der Waals surface area contributed by atoms with Gasteiger partial charge in [-0.25, -0.2) is 0 Å². The molecule has 0 unspecified atom stereocenters. The third kappa shape index (κ3) is 2.24. The molecule has 3 nitrogen and oxygen atoms in total. The molecule has 2 heterocycles. The number of fused-ring (bicyclic) bond motifs is 1. The lowest BCUT2D eigenvalue weighted by Gasteiger charge is -2.09. The number of nitrogens with one attached hydrogen (secondary N) is 1. The second kappa shape index (κ2) is 4.70. The fraction of sp³-hybridized carbons (Fsp3) is 0.267. The van der Waals surface area contributed by atoms with Crippen molar-refractivity contribution in [2.45, 2.75) is 26.4 Å². The molecular weight excluding hydrogens is 254 g/mol. The van der Waals surface area contributed by atoms with Crippen molar-refractivity contribution in [3.8, 4) is 0 Å². The van der Waals surface area contributed by atoms with Crippen molar-refractivity contribution in [3.05, 3.63) is 53.1 Å². The molecule has 0 atom stereocenters. The van der Waals surface area contributed by atoms with Crippen molar-refractivity contribution in [2.75, 3.05) is 0 Å². The van der Waals surface area contributed by atoms with Crippen molar-refractivity contribution in [2.24, 2.45) is 0 Å². The number of benzene rings is 1. The first-order valence-electron chi connectivity index (χ1n) is 6.49. The molecule has 4 heteroatoms. The van der Waals surface area contributed by atoms with E-state index in [1.54, 1.807) is 0 Å². The van der Waals surface area contributed by atoms with Crippen LogP contribution in [0, 0.1) is 4.77 Å². The van der Waals surface area contributed by atoms with E-state index >= 15 is 0 Å². The Kier molecular flexibility index (Phi) is 3.03. The second-order valence-corrected chi connectivity index (χ2v) is 5.49. The molecule has 0 bridgehead atoms. The Morgan fingerprint density at radius 2 is 1.95 bits per heavy atom. The summed E-state index contributed by atoms with van der Waals surface area (Å²) < 4.78 is 5.13. The quantitative estimate of drug-likeness (QED) is 0.712. The zero-order valence-corrected chi connectivity index (χ0v) is 11.9. The lowest BCUT2D eigenvalue weighted by molar-refractivity contribution is 0.609. The first-order chi connectivity index (χ1) is 9.15. The minimum atomic E-state index is 0.364. The number of hydrogen-bond acceptors (Lipinski definition) is 1. The van der Waals surface area contributed by atoms with Crippen molar-refractivity contribution in [1.29, 1.82) is 0 Å². The molecule has 19 heavy (non-hydrogen) atoms. The van der Waals surface area contributed by atoms with Gasteiger partial charge in [-0.2, -0.15) is 0 Å². The Morgan fingerprint density at radius 1 is 1.21 bits per heavy atom. The molecule has 2 aromatic heterocycles. The summed E-state index contributed by atoms with van der Waals surface area (Å²) in [7, 11) is 0. The molecule has 3 aromatic rings. The largest absolute Gasteiger partial charge is 0.350 e. The minimum Gasteiger partial charge on any atom is -0.350 e. The van der Waals surface area contributed by atoms with E-state index in [-0.39, 0.29) is 0 Å². The van der Waals surface area contributed by atoms with E-state index in [1.807, 2.05) is 12.1 Å². The topological polar surface area (TPSA) is 25.6 Å². The first kappa shape index (κ1) is 12.2. The minimum absolute atomic E-state index is 0.364. The van der Waals surface area contributed by atoms with Gasteiger partial charge in [0.25, 0.3) is 0 Å². The number of aromatic nitrogens is 3. The molecular formula is C15H17N3S. The number of rotatable bonds is 3. The van der Waals surface area contributed by atoms with Crippen molar-refractivity contribution >= 4 is 23.3 Å². The van der Waals surface area contributed by atoms with Crippen LogP contribution in [0.15, 0.2) is 42.7 Å². The maximum atomic E-state index is 5.39. The van der Waals surface area contributed by atoms with Crippen LogP contribution >= 0.6 is 12.2 Å². The van der Waals surface area contributed by atoms with Gasteiger partial charge in [0.1, 0.15) is 0 Å². The summed E-state index contributed by atoms with van der Waals surface area (Å²) >= 11 is 5.39. The Morgan fingerprint density at radius 3 is 2.63 bits per heavy atom. The maximum absolute atomic E-state index is 5.39. The summed E-state index contributed by atoms with van der Waals surface area (Å²) in [5, 5.41) is 0. The van der Waals surface area contributed by atoms with Crippen LogP contribution in [0.4, 0.5) is 0 Å². The van der Waals surface area contributed by atoms with E-state index in [0.717, 1.165) is 16.8 Å². The van der Waals surface area contributed by atoms with Crippen LogP contribution in [-0.2, 0) is 6.54 Å². The van der Waals surface area contributed by atoms with Crippen molar-refractivity contribution in [3.63, 3.8) is 0 Å². The van der Waals surface area contributed by atoms with E-state index in [2.05, 4.69) is 58.6 Å². The lowest BCUT2D eigenvalue weighted by Crippen LogP contribution is -2.01. The highest BCUT2D eigenvalue weighted by Gasteiger charge is 2.08. The van der Waals surface area contributed by atoms with Crippen LogP contribution < -0.4 is 0 Å². The van der Waals surface area contributed by atoms with Gasteiger partial charge < -0.3 is 14.1 Å². The SMILES string of the molecule is CC(C)n1c(=S)[nH]c2ccc(Cn3cccc3)cc21. The van der Waals surface area contributed by atoms with Gasteiger partial charge in [0.15, 0.2) is 4.77 Å². The molecule has 0 aliphatic heterocycles. The summed E-state index contributed by atoms with van der Waals surface area (Å²) in [4.78, 5) is 3.27. The molecule has 3 rings (SSSR count). The predicted molar refractivity (Wildman–Crippen MR) is 81.0 cm³/mol. The number of H-pyrrole nitrogens is 1. The molecule has 0 spiro atoms. The van der Waals surface area contributed by atoms with Gasteiger partial charge in [0.2, 0.25) is 0 Å². The number of aromatic amines is 1. The maximum Gasteiger partial charge on any atom is 0.178 e. The van der Waals surface area contributed by atoms with Gasteiger partial charge in [-0.3, -0.25) is 0 Å². The van der Waals surface area contributed by atoms with Crippen LogP contribution in [0.25, 0.3) is 11.0 Å². The van der Waals surface area contributed by atoms with Gasteiger partial charge >= 0.3 is 0 Å². The van der Waals surface area contributed by atoms with E-state index in [9.17, 15) is 0 Å². The Bertz CT molecular complexity index is 747. The summed E-state index contributed by atoms with van der Waals surface area (Å²) in [6, 6.07) is 10.9. The third-order valence-corrected chi connectivity index (χ3v) is 3.63. The number of imidazole rings is 1. The van der Waals surface area contributed by atoms with Crippen molar-refractivity contribution in [1.82, 2.24) is 14.1 Å². The zero-order valence-electron chi connectivity index (χ0n) is 11.1.